The number of aromatic nitrogens is 1. The van der Waals surface area contributed by atoms with Gasteiger partial charge < -0.3 is 10.3 Å². The Morgan fingerprint density at radius 2 is 2.33 bits per heavy atom. The van der Waals surface area contributed by atoms with Gasteiger partial charge in [-0.25, -0.2) is 0 Å². The van der Waals surface area contributed by atoms with E-state index in [1.807, 2.05) is 24.4 Å². The van der Waals surface area contributed by atoms with Crippen LogP contribution in [0.15, 0.2) is 24.4 Å². The van der Waals surface area contributed by atoms with E-state index in [1.165, 1.54) is 6.92 Å². The number of fused-ring (bicyclic) bond motifs is 1. The molecular weight excluding hydrogens is 212 g/mol. The van der Waals surface area contributed by atoms with Crippen molar-refractivity contribution in [1.29, 1.82) is 0 Å². The van der Waals surface area contributed by atoms with Gasteiger partial charge in [-0.3, -0.25) is 4.79 Å². The summed E-state index contributed by atoms with van der Waals surface area (Å²) >= 11 is 5.87. The molecule has 2 aromatic rings. The molecule has 0 aliphatic carbocycles. The molecule has 4 heteroatoms. The van der Waals surface area contributed by atoms with Gasteiger partial charge in [0.2, 0.25) is 5.91 Å². The van der Waals surface area contributed by atoms with Crippen LogP contribution in [0.1, 0.15) is 12.5 Å². The molecule has 0 spiro atoms. The van der Waals surface area contributed by atoms with E-state index in [9.17, 15) is 4.79 Å². The van der Waals surface area contributed by atoms with Crippen LogP contribution in [0.4, 0.5) is 0 Å². The second-order valence-electron chi connectivity index (χ2n) is 3.41. The van der Waals surface area contributed by atoms with Crippen LogP contribution in [0.25, 0.3) is 10.9 Å². The van der Waals surface area contributed by atoms with Gasteiger partial charge in [0.05, 0.1) is 0 Å². The Hall–Kier alpha value is -1.48. The van der Waals surface area contributed by atoms with Gasteiger partial charge in [-0.2, -0.15) is 0 Å². The molecule has 3 nitrogen and oxygen atoms in total. The first-order valence-electron chi connectivity index (χ1n) is 4.67. The number of aromatic amines is 1. The monoisotopic (exact) mass is 222 g/mol. The molecule has 78 valence electrons. The fraction of sp³-hybridized carbons (Fsp3) is 0.182. The fourth-order valence-corrected chi connectivity index (χ4v) is 1.70. The van der Waals surface area contributed by atoms with Crippen LogP contribution >= 0.6 is 11.6 Å². The first-order chi connectivity index (χ1) is 7.16. The molecule has 2 rings (SSSR count). The summed E-state index contributed by atoms with van der Waals surface area (Å²) in [5, 5.41) is 4.56. The minimum atomic E-state index is -0.0293. The lowest BCUT2D eigenvalue weighted by Gasteiger charge is -2.00. The first kappa shape index (κ1) is 10.1. The number of carbonyl (C=O) groups is 1. The molecule has 1 heterocycles. The predicted molar refractivity (Wildman–Crippen MR) is 60.8 cm³/mol. The molecule has 2 N–H and O–H groups in total. The summed E-state index contributed by atoms with van der Waals surface area (Å²) in [6.45, 7) is 2.04. The van der Waals surface area contributed by atoms with Gasteiger partial charge in [-0.05, 0) is 17.7 Å². The van der Waals surface area contributed by atoms with Crippen molar-refractivity contribution >= 4 is 28.4 Å². The Labute approximate surface area is 92.4 Å². The van der Waals surface area contributed by atoms with Crippen LogP contribution in [-0.4, -0.2) is 10.9 Å². The maximum Gasteiger partial charge on any atom is 0.217 e. The summed E-state index contributed by atoms with van der Waals surface area (Å²) in [6, 6.07) is 5.66. The molecule has 15 heavy (non-hydrogen) atoms. The molecule has 0 aliphatic rings. The van der Waals surface area contributed by atoms with E-state index in [-0.39, 0.29) is 5.91 Å². The Morgan fingerprint density at radius 3 is 3.07 bits per heavy atom. The van der Waals surface area contributed by atoms with E-state index < -0.39 is 0 Å². The predicted octanol–water partition coefficient (Wildman–Crippen LogP) is 2.46. The molecule has 0 saturated carbocycles. The van der Waals surface area contributed by atoms with Crippen molar-refractivity contribution in [3.05, 3.63) is 35.0 Å². The number of rotatable bonds is 2. The summed E-state index contributed by atoms with van der Waals surface area (Å²) in [7, 11) is 0. The third-order valence-corrected chi connectivity index (χ3v) is 2.49. The van der Waals surface area contributed by atoms with Gasteiger partial charge in [-0.1, -0.05) is 17.7 Å². The van der Waals surface area contributed by atoms with Gasteiger partial charge in [0.15, 0.2) is 0 Å². The zero-order chi connectivity index (χ0) is 10.8. The Morgan fingerprint density at radius 1 is 1.53 bits per heavy atom. The number of hydrogen-bond donors (Lipinski definition) is 2. The lowest BCUT2D eigenvalue weighted by Crippen LogP contribution is -2.18. The summed E-state index contributed by atoms with van der Waals surface area (Å²) in [4.78, 5) is 13.9. The van der Waals surface area contributed by atoms with Gasteiger partial charge in [0, 0.05) is 35.6 Å². The van der Waals surface area contributed by atoms with Gasteiger partial charge in [0.25, 0.3) is 0 Å². The van der Waals surface area contributed by atoms with Gasteiger partial charge in [-0.15, -0.1) is 0 Å². The van der Waals surface area contributed by atoms with Crippen molar-refractivity contribution in [2.75, 3.05) is 0 Å². The first-order valence-corrected chi connectivity index (χ1v) is 5.04. The maximum absolute atomic E-state index is 10.8. The molecule has 0 unspecified atom stereocenters. The van der Waals surface area contributed by atoms with Crippen molar-refractivity contribution in [3.8, 4) is 0 Å². The highest BCUT2D eigenvalue weighted by atomic mass is 35.5. The zero-order valence-electron chi connectivity index (χ0n) is 8.30. The molecule has 0 atom stereocenters. The van der Waals surface area contributed by atoms with Crippen molar-refractivity contribution < 1.29 is 4.79 Å². The second kappa shape index (κ2) is 3.95. The Bertz CT molecular complexity index is 504. The summed E-state index contributed by atoms with van der Waals surface area (Å²) in [6.07, 6.45) is 1.89. The highest BCUT2D eigenvalue weighted by Gasteiger charge is 2.03. The minimum Gasteiger partial charge on any atom is -0.361 e. The molecule has 0 radical (unpaired) electrons. The van der Waals surface area contributed by atoms with E-state index >= 15 is 0 Å². The number of nitrogens with one attached hydrogen (secondary N) is 2. The third kappa shape index (κ3) is 2.13. The summed E-state index contributed by atoms with van der Waals surface area (Å²) in [5.74, 6) is -0.0293. The van der Waals surface area contributed by atoms with Crippen LogP contribution in [-0.2, 0) is 11.3 Å². The van der Waals surface area contributed by atoms with E-state index in [0.29, 0.717) is 11.6 Å². The lowest BCUT2D eigenvalue weighted by molar-refractivity contribution is -0.119. The molecule has 0 fully saturated rings. The Balaban J connectivity index is 2.32. The summed E-state index contributed by atoms with van der Waals surface area (Å²) < 4.78 is 0. The third-order valence-electron chi connectivity index (χ3n) is 2.26. The second-order valence-corrected chi connectivity index (χ2v) is 3.85. The fourth-order valence-electron chi connectivity index (χ4n) is 1.52. The van der Waals surface area contributed by atoms with E-state index in [0.717, 1.165) is 16.5 Å². The summed E-state index contributed by atoms with van der Waals surface area (Å²) in [5.41, 5.74) is 2.06. The molecular formula is C11H11ClN2O. The van der Waals surface area contributed by atoms with E-state index in [2.05, 4.69) is 10.3 Å². The lowest BCUT2D eigenvalue weighted by atomic mass is 10.2. The minimum absolute atomic E-state index is 0.0293. The smallest absolute Gasteiger partial charge is 0.217 e. The molecule has 1 aromatic carbocycles. The maximum atomic E-state index is 10.8. The number of carbonyl (C=O) groups excluding carboxylic acids is 1. The molecule has 0 aliphatic heterocycles. The van der Waals surface area contributed by atoms with Crippen molar-refractivity contribution in [1.82, 2.24) is 10.3 Å². The molecule has 0 saturated heterocycles. The van der Waals surface area contributed by atoms with Gasteiger partial charge in [0.1, 0.15) is 0 Å². The topological polar surface area (TPSA) is 44.9 Å². The SMILES string of the molecule is CC(=O)NCc1c[nH]c2cc(Cl)ccc12. The van der Waals surface area contributed by atoms with Crippen molar-refractivity contribution in [3.63, 3.8) is 0 Å². The number of amides is 1. The number of halogens is 1. The van der Waals surface area contributed by atoms with Crippen LogP contribution < -0.4 is 5.32 Å². The molecule has 1 amide bonds. The van der Waals surface area contributed by atoms with Crippen molar-refractivity contribution in [2.24, 2.45) is 0 Å². The van der Waals surface area contributed by atoms with Crippen LogP contribution in [0.5, 0.6) is 0 Å². The zero-order valence-corrected chi connectivity index (χ0v) is 9.06. The largest absolute Gasteiger partial charge is 0.361 e. The standard InChI is InChI=1S/C11H11ClN2O/c1-7(15)13-5-8-6-14-11-4-9(12)2-3-10(8)11/h2-4,6,14H,5H2,1H3,(H,13,15). The average Bonchev–Trinajstić information content (AvgIpc) is 2.57. The van der Waals surface area contributed by atoms with E-state index in [4.69, 9.17) is 11.6 Å². The average molecular weight is 223 g/mol. The van der Waals surface area contributed by atoms with Crippen LogP contribution in [0.2, 0.25) is 5.02 Å². The normalized spacial score (nSPS) is 10.5. The molecule has 1 aromatic heterocycles. The van der Waals surface area contributed by atoms with Crippen molar-refractivity contribution in [2.45, 2.75) is 13.5 Å². The number of benzene rings is 1. The highest BCUT2D eigenvalue weighted by molar-refractivity contribution is 6.31. The molecule has 0 bridgehead atoms. The van der Waals surface area contributed by atoms with Crippen LogP contribution in [0.3, 0.4) is 0 Å². The highest BCUT2D eigenvalue weighted by Crippen LogP contribution is 2.21. The number of H-pyrrole nitrogens is 1. The number of hydrogen-bond acceptors (Lipinski definition) is 1. The quantitative estimate of drug-likeness (QED) is 0.806. The van der Waals surface area contributed by atoms with Crippen LogP contribution in [0, 0.1) is 0 Å². The van der Waals surface area contributed by atoms with Gasteiger partial charge >= 0.3 is 0 Å². The Kier molecular flexibility index (Phi) is 2.64. The van der Waals surface area contributed by atoms with E-state index in [1.54, 1.807) is 0 Å².